The van der Waals surface area contributed by atoms with E-state index in [0.29, 0.717) is 33.8 Å². The second-order valence-corrected chi connectivity index (χ2v) is 6.48. The van der Waals surface area contributed by atoms with Crippen molar-refractivity contribution in [3.8, 4) is 39.8 Å². The first-order valence-corrected chi connectivity index (χ1v) is 9.19. The number of fused-ring (bicyclic) bond motifs is 1. The van der Waals surface area contributed by atoms with Crippen molar-refractivity contribution in [3.05, 3.63) is 87.2 Å². The molecule has 4 rings (SSSR count). The average molecular weight is 419 g/mol. The van der Waals surface area contributed by atoms with Crippen LogP contribution in [-0.4, -0.2) is 28.7 Å². The van der Waals surface area contributed by atoms with Gasteiger partial charge in [0.1, 0.15) is 17.1 Å². The van der Waals surface area contributed by atoms with Gasteiger partial charge in [-0.2, -0.15) is 0 Å². The first-order valence-electron chi connectivity index (χ1n) is 9.19. The zero-order valence-electron chi connectivity index (χ0n) is 16.6. The first kappa shape index (κ1) is 19.9. The number of rotatable bonds is 6. The third-order valence-electron chi connectivity index (χ3n) is 4.68. The Morgan fingerprint density at radius 3 is 2.23 bits per heavy atom. The lowest BCUT2D eigenvalue weighted by Crippen LogP contribution is -2.20. The third-order valence-corrected chi connectivity index (χ3v) is 4.68. The maximum Gasteiger partial charge on any atom is 0.299 e. The molecule has 2 heterocycles. The van der Waals surface area contributed by atoms with E-state index in [0.717, 1.165) is 0 Å². The average Bonchev–Trinajstić information content (AvgIpc) is 2.78. The van der Waals surface area contributed by atoms with E-state index in [1.54, 1.807) is 24.3 Å². The van der Waals surface area contributed by atoms with Crippen molar-refractivity contribution in [1.82, 2.24) is 9.38 Å². The summed E-state index contributed by atoms with van der Waals surface area (Å²) in [5.74, 6) is 0.832. The van der Waals surface area contributed by atoms with Gasteiger partial charge in [0.2, 0.25) is 5.88 Å². The molecule has 0 N–H and O–H groups in total. The number of pyridine rings is 1. The van der Waals surface area contributed by atoms with Crippen molar-refractivity contribution < 1.29 is 19.4 Å². The Kier molecular flexibility index (Phi) is 5.23. The van der Waals surface area contributed by atoms with E-state index in [4.69, 9.17) is 14.5 Å². The van der Waals surface area contributed by atoms with Crippen LogP contribution in [0.25, 0.3) is 28.0 Å². The number of benzene rings is 2. The molecule has 0 amide bonds. The van der Waals surface area contributed by atoms with Crippen LogP contribution in [0.2, 0.25) is 0 Å². The minimum absolute atomic E-state index is 0.0656. The number of nitrogens with zero attached hydrogens (tertiary/aromatic N) is 3. The smallest absolute Gasteiger partial charge is 0.299 e. The van der Waals surface area contributed by atoms with E-state index < -0.39 is 5.09 Å². The minimum Gasteiger partial charge on any atom is -0.496 e. The molecule has 156 valence electrons. The van der Waals surface area contributed by atoms with Crippen LogP contribution in [0.3, 0.4) is 0 Å². The van der Waals surface area contributed by atoms with Crippen LogP contribution in [-0.2, 0) is 0 Å². The molecule has 0 aliphatic carbocycles. The quantitative estimate of drug-likeness (QED) is 0.347. The van der Waals surface area contributed by atoms with Gasteiger partial charge >= 0.3 is 0 Å². The second kappa shape index (κ2) is 8.15. The zero-order valence-corrected chi connectivity index (χ0v) is 16.6. The summed E-state index contributed by atoms with van der Waals surface area (Å²) in [4.78, 5) is 33.4. The molecule has 4 aromatic rings. The van der Waals surface area contributed by atoms with Crippen molar-refractivity contribution in [3.63, 3.8) is 0 Å². The van der Waals surface area contributed by atoms with Crippen molar-refractivity contribution >= 4 is 5.65 Å². The van der Waals surface area contributed by atoms with E-state index in [9.17, 15) is 14.9 Å². The fourth-order valence-electron chi connectivity index (χ4n) is 3.30. The highest BCUT2D eigenvalue weighted by Gasteiger charge is 2.19. The van der Waals surface area contributed by atoms with Crippen LogP contribution < -0.4 is 19.9 Å². The fraction of sp³-hybridized carbons (Fsp3) is 0.0909. The molecule has 0 fully saturated rings. The monoisotopic (exact) mass is 419 g/mol. The van der Waals surface area contributed by atoms with Gasteiger partial charge in [-0.15, -0.1) is 10.1 Å². The summed E-state index contributed by atoms with van der Waals surface area (Å²) in [7, 11) is 2.97. The first-order chi connectivity index (χ1) is 15.0. The van der Waals surface area contributed by atoms with Crippen LogP contribution >= 0.6 is 0 Å². The van der Waals surface area contributed by atoms with Gasteiger partial charge in [-0.25, -0.2) is 9.38 Å². The zero-order chi connectivity index (χ0) is 22.0. The van der Waals surface area contributed by atoms with E-state index in [1.807, 2.05) is 30.3 Å². The largest absolute Gasteiger partial charge is 0.496 e. The van der Waals surface area contributed by atoms with Gasteiger partial charge < -0.3 is 9.47 Å². The molecule has 0 saturated heterocycles. The van der Waals surface area contributed by atoms with Crippen molar-refractivity contribution in [2.45, 2.75) is 0 Å². The molecular weight excluding hydrogens is 402 g/mol. The predicted octanol–water partition coefficient (Wildman–Crippen LogP) is 3.62. The summed E-state index contributed by atoms with van der Waals surface area (Å²) in [6.45, 7) is 0. The van der Waals surface area contributed by atoms with Crippen LogP contribution in [0.1, 0.15) is 0 Å². The fourth-order valence-corrected chi connectivity index (χ4v) is 3.30. The van der Waals surface area contributed by atoms with Crippen molar-refractivity contribution in [2.75, 3.05) is 14.2 Å². The third kappa shape index (κ3) is 3.76. The normalized spacial score (nSPS) is 10.6. The van der Waals surface area contributed by atoms with E-state index >= 15 is 0 Å². The summed E-state index contributed by atoms with van der Waals surface area (Å²) in [6.07, 6.45) is 0. The Balaban J connectivity index is 2.03. The van der Waals surface area contributed by atoms with E-state index in [1.165, 1.54) is 30.8 Å². The van der Waals surface area contributed by atoms with Crippen LogP contribution in [0.4, 0.5) is 0 Å². The lowest BCUT2D eigenvalue weighted by molar-refractivity contribution is -0.711. The van der Waals surface area contributed by atoms with Gasteiger partial charge in [-0.05, 0) is 17.7 Å². The summed E-state index contributed by atoms with van der Waals surface area (Å²) in [6, 6.07) is 18.5. The van der Waals surface area contributed by atoms with Gasteiger partial charge in [0.05, 0.1) is 25.5 Å². The number of ether oxygens (including phenoxy) is 2. The Bertz CT molecular complexity index is 1320. The molecule has 31 heavy (non-hydrogen) atoms. The van der Waals surface area contributed by atoms with Gasteiger partial charge in [0.25, 0.3) is 10.6 Å². The molecule has 2 aromatic carbocycles. The van der Waals surface area contributed by atoms with Gasteiger partial charge in [-0.3, -0.25) is 9.63 Å². The van der Waals surface area contributed by atoms with Gasteiger partial charge in [-0.1, -0.05) is 42.5 Å². The SMILES string of the molecule is COc1cc(OC)n2c(=O)c(-c3ccccc3)c(-c3ccc(O[N+](=O)[O-])cc3)nc2c1. The van der Waals surface area contributed by atoms with Crippen molar-refractivity contribution in [2.24, 2.45) is 0 Å². The Morgan fingerprint density at radius 2 is 1.61 bits per heavy atom. The maximum atomic E-state index is 13.6. The van der Waals surface area contributed by atoms with E-state index in [2.05, 4.69) is 4.84 Å². The molecule has 0 spiro atoms. The molecule has 0 unspecified atom stereocenters. The highest BCUT2D eigenvalue weighted by molar-refractivity contribution is 5.82. The predicted molar refractivity (Wildman–Crippen MR) is 113 cm³/mol. The molecule has 0 aliphatic rings. The standard InChI is InChI=1S/C22H17N3O6/c1-29-17-12-18-23-21(15-8-10-16(11-9-15)31-25(27)28)20(14-6-4-3-5-7-14)22(26)24(18)19(13-17)30-2/h3-13H,1-2H3. The Hall–Kier alpha value is -4.40. The summed E-state index contributed by atoms with van der Waals surface area (Å²) in [5.41, 5.74) is 2.06. The Labute approximate surface area is 176 Å². The van der Waals surface area contributed by atoms with Crippen molar-refractivity contribution in [1.29, 1.82) is 0 Å². The molecule has 0 aliphatic heterocycles. The number of hydrogen-bond acceptors (Lipinski definition) is 7. The van der Waals surface area contributed by atoms with E-state index in [-0.39, 0.29) is 17.2 Å². The Morgan fingerprint density at radius 1 is 0.903 bits per heavy atom. The summed E-state index contributed by atoms with van der Waals surface area (Å²) >= 11 is 0. The lowest BCUT2D eigenvalue weighted by Gasteiger charge is -2.15. The topological polar surface area (TPSA) is 105 Å². The molecule has 9 heteroatoms. The summed E-state index contributed by atoms with van der Waals surface area (Å²) < 4.78 is 12.1. The highest BCUT2D eigenvalue weighted by atomic mass is 17.0. The molecule has 9 nitrogen and oxygen atoms in total. The molecule has 0 radical (unpaired) electrons. The second-order valence-electron chi connectivity index (χ2n) is 6.48. The summed E-state index contributed by atoms with van der Waals surface area (Å²) in [5, 5.41) is 9.69. The molecule has 0 bridgehead atoms. The van der Waals surface area contributed by atoms with Gasteiger partial charge in [0, 0.05) is 17.7 Å². The van der Waals surface area contributed by atoms with Crippen LogP contribution in [0, 0.1) is 10.1 Å². The molecule has 2 aromatic heterocycles. The molecule has 0 atom stereocenters. The molecule has 0 saturated carbocycles. The van der Waals surface area contributed by atoms with Crippen LogP contribution in [0.5, 0.6) is 17.4 Å². The van der Waals surface area contributed by atoms with Gasteiger partial charge in [0.15, 0.2) is 0 Å². The number of hydrogen-bond donors (Lipinski definition) is 0. The highest BCUT2D eigenvalue weighted by Crippen LogP contribution is 2.31. The number of methoxy groups -OCH3 is 2. The van der Waals surface area contributed by atoms with Crippen LogP contribution in [0.15, 0.2) is 71.5 Å². The lowest BCUT2D eigenvalue weighted by atomic mass is 10.00. The number of aromatic nitrogens is 2. The maximum absolute atomic E-state index is 13.6. The minimum atomic E-state index is -0.885. The molecular formula is C22H17N3O6.